The zero-order chi connectivity index (χ0) is 19.4. The van der Waals surface area contributed by atoms with Crippen LogP contribution in [0.1, 0.15) is 41.7 Å². The molecule has 0 radical (unpaired) electrons. The van der Waals surface area contributed by atoms with Crippen LogP contribution in [0.3, 0.4) is 0 Å². The summed E-state index contributed by atoms with van der Waals surface area (Å²) in [4.78, 5) is 16.8. The molecule has 1 aliphatic rings. The normalized spacial score (nSPS) is 15.9. The van der Waals surface area contributed by atoms with Crippen LogP contribution in [-0.2, 0) is 10.0 Å². The predicted molar refractivity (Wildman–Crippen MR) is 105 cm³/mol. The first kappa shape index (κ1) is 19.8. The van der Waals surface area contributed by atoms with Crippen molar-refractivity contribution in [3.8, 4) is 5.75 Å². The number of hydrogen-bond donors (Lipinski definition) is 1. The van der Waals surface area contributed by atoms with Gasteiger partial charge in [0, 0.05) is 24.0 Å². The van der Waals surface area contributed by atoms with Gasteiger partial charge in [0.25, 0.3) is 5.91 Å². The highest BCUT2D eigenvalue weighted by atomic mass is 32.2. The third-order valence-electron chi connectivity index (χ3n) is 4.45. The summed E-state index contributed by atoms with van der Waals surface area (Å²) in [6, 6.07) is 4.46. The lowest BCUT2D eigenvalue weighted by atomic mass is 10.2. The van der Waals surface area contributed by atoms with E-state index in [1.54, 1.807) is 6.07 Å². The molecule has 7 nitrogen and oxygen atoms in total. The number of methoxy groups -OCH3 is 1. The molecule has 146 valence electrons. The van der Waals surface area contributed by atoms with Crippen molar-refractivity contribution in [3.63, 3.8) is 0 Å². The Kier molecular flexibility index (Phi) is 6.13. The smallest absolute Gasteiger partial charge is 0.257 e. The van der Waals surface area contributed by atoms with Crippen LogP contribution in [0.15, 0.2) is 28.5 Å². The van der Waals surface area contributed by atoms with E-state index in [1.807, 2.05) is 12.3 Å². The number of benzene rings is 1. The Morgan fingerprint density at radius 3 is 2.52 bits per heavy atom. The largest absolute Gasteiger partial charge is 0.495 e. The molecule has 0 aliphatic carbocycles. The number of rotatable bonds is 5. The SMILES string of the molecule is COc1ccc(C(=O)Nc2nc(C)cs2)cc1S(=O)(=O)N1CCCCCC1. The fourth-order valence-electron chi connectivity index (χ4n) is 3.02. The Balaban J connectivity index is 1.91. The van der Waals surface area contributed by atoms with E-state index in [2.05, 4.69) is 10.3 Å². The summed E-state index contributed by atoms with van der Waals surface area (Å²) in [7, 11) is -2.31. The van der Waals surface area contributed by atoms with Gasteiger partial charge in [-0.25, -0.2) is 13.4 Å². The van der Waals surface area contributed by atoms with Crippen molar-refractivity contribution in [2.75, 3.05) is 25.5 Å². The lowest BCUT2D eigenvalue weighted by molar-refractivity contribution is 0.102. The van der Waals surface area contributed by atoms with Gasteiger partial charge in [-0.05, 0) is 38.0 Å². The van der Waals surface area contributed by atoms with Crippen LogP contribution in [0.2, 0.25) is 0 Å². The molecule has 0 bridgehead atoms. The monoisotopic (exact) mass is 409 g/mol. The van der Waals surface area contributed by atoms with Crippen molar-refractivity contribution in [2.45, 2.75) is 37.5 Å². The molecule has 1 saturated heterocycles. The topological polar surface area (TPSA) is 88.6 Å². The van der Waals surface area contributed by atoms with Gasteiger partial charge in [-0.1, -0.05) is 12.8 Å². The van der Waals surface area contributed by atoms with Crippen LogP contribution < -0.4 is 10.1 Å². The van der Waals surface area contributed by atoms with Crippen LogP contribution >= 0.6 is 11.3 Å². The van der Waals surface area contributed by atoms with Gasteiger partial charge in [0.2, 0.25) is 10.0 Å². The van der Waals surface area contributed by atoms with Crippen molar-refractivity contribution < 1.29 is 17.9 Å². The molecule has 0 saturated carbocycles. The molecule has 0 atom stereocenters. The van der Waals surface area contributed by atoms with Gasteiger partial charge in [-0.3, -0.25) is 10.1 Å². The van der Waals surface area contributed by atoms with Gasteiger partial charge < -0.3 is 4.74 Å². The standard InChI is InChI=1S/C18H23N3O4S2/c1-13-12-26-18(19-13)20-17(22)14-7-8-15(25-2)16(11-14)27(23,24)21-9-5-3-4-6-10-21/h7-8,11-12H,3-6,9-10H2,1-2H3,(H,19,20,22). The van der Waals surface area contributed by atoms with Crippen LogP contribution in [0.4, 0.5) is 5.13 Å². The zero-order valence-electron chi connectivity index (χ0n) is 15.4. The Hall–Kier alpha value is -1.97. The number of aryl methyl sites for hydroxylation is 1. The van der Waals surface area contributed by atoms with Gasteiger partial charge in [0.05, 0.1) is 12.8 Å². The van der Waals surface area contributed by atoms with Gasteiger partial charge in [-0.15, -0.1) is 11.3 Å². The van der Waals surface area contributed by atoms with E-state index in [1.165, 1.54) is 34.9 Å². The molecule has 9 heteroatoms. The summed E-state index contributed by atoms with van der Waals surface area (Å²) in [5.41, 5.74) is 1.06. The molecule has 1 amide bonds. The molecule has 0 unspecified atom stereocenters. The molecule has 1 aliphatic heterocycles. The number of sulfonamides is 1. The maximum Gasteiger partial charge on any atom is 0.257 e. The van der Waals surface area contributed by atoms with Gasteiger partial charge in [-0.2, -0.15) is 4.31 Å². The number of carbonyl (C=O) groups is 1. The van der Waals surface area contributed by atoms with E-state index >= 15 is 0 Å². The molecule has 0 spiro atoms. The first-order chi connectivity index (χ1) is 12.9. The molecular weight excluding hydrogens is 386 g/mol. The Morgan fingerprint density at radius 1 is 1.22 bits per heavy atom. The lowest BCUT2D eigenvalue weighted by Gasteiger charge is -2.21. The summed E-state index contributed by atoms with van der Waals surface area (Å²) >= 11 is 1.32. The summed E-state index contributed by atoms with van der Waals surface area (Å²) in [6.45, 7) is 2.81. The minimum Gasteiger partial charge on any atom is -0.495 e. The number of ether oxygens (including phenoxy) is 1. The number of hydrogen-bond acceptors (Lipinski definition) is 6. The quantitative estimate of drug-likeness (QED) is 0.819. The number of nitrogens with one attached hydrogen (secondary N) is 1. The Bertz CT molecular complexity index is 916. The second kappa shape index (κ2) is 8.37. The third kappa shape index (κ3) is 4.48. The van der Waals surface area contributed by atoms with E-state index in [4.69, 9.17) is 4.74 Å². The third-order valence-corrected chi connectivity index (χ3v) is 7.24. The van der Waals surface area contributed by atoms with Crippen LogP contribution in [0, 0.1) is 6.92 Å². The van der Waals surface area contributed by atoms with Crippen molar-refractivity contribution in [3.05, 3.63) is 34.8 Å². The highest BCUT2D eigenvalue weighted by molar-refractivity contribution is 7.89. The number of aromatic nitrogens is 1. The van der Waals surface area contributed by atoms with Gasteiger partial charge >= 0.3 is 0 Å². The molecule has 1 aromatic carbocycles. The number of carbonyl (C=O) groups excluding carboxylic acids is 1. The molecule has 1 N–H and O–H groups in total. The summed E-state index contributed by atoms with van der Waals surface area (Å²) in [5, 5.41) is 5.01. The van der Waals surface area contributed by atoms with Crippen molar-refractivity contribution >= 4 is 32.4 Å². The number of amides is 1. The highest BCUT2D eigenvalue weighted by Gasteiger charge is 2.29. The Labute approximate surface area is 163 Å². The van der Waals surface area contributed by atoms with Gasteiger partial charge in [0.15, 0.2) is 5.13 Å². The Morgan fingerprint density at radius 2 is 1.93 bits per heavy atom. The first-order valence-electron chi connectivity index (χ1n) is 8.83. The predicted octanol–water partition coefficient (Wildman–Crippen LogP) is 3.28. The zero-order valence-corrected chi connectivity index (χ0v) is 17.0. The number of thiazole rings is 1. The van der Waals surface area contributed by atoms with E-state index in [0.29, 0.717) is 18.2 Å². The molecule has 3 rings (SSSR count). The molecule has 1 fully saturated rings. The molecule has 2 heterocycles. The van der Waals surface area contributed by atoms with Crippen LogP contribution in [-0.4, -0.2) is 43.8 Å². The lowest BCUT2D eigenvalue weighted by Crippen LogP contribution is -2.32. The van der Waals surface area contributed by atoms with Crippen molar-refractivity contribution in [2.24, 2.45) is 0 Å². The van der Waals surface area contributed by atoms with E-state index in [9.17, 15) is 13.2 Å². The minimum absolute atomic E-state index is 0.0230. The molecule has 2 aromatic rings. The second-order valence-corrected chi connectivity index (χ2v) is 9.20. The van der Waals surface area contributed by atoms with Gasteiger partial charge in [0.1, 0.15) is 10.6 Å². The first-order valence-corrected chi connectivity index (χ1v) is 11.2. The maximum atomic E-state index is 13.2. The average molecular weight is 410 g/mol. The highest BCUT2D eigenvalue weighted by Crippen LogP contribution is 2.29. The fraction of sp³-hybridized carbons (Fsp3) is 0.444. The van der Waals surface area contributed by atoms with E-state index in [0.717, 1.165) is 31.4 Å². The molecule has 27 heavy (non-hydrogen) atoms. The second-order valence-electron chi connectivity index (χ2n) is 6.43. The number of anilines is 1. The van der Waals surface area contributed by atoms with Crippen molar-refractivity contribution in [1.82, 2.24) is 9.29 Å². The van der Waals surface area contributed by atoms with E-state index in [-0.39, 0.29) is 16.2 Å². The summed E-state index contributed by atoms with van der Waals surface area (Å²) < 4.78 is 33.1. The maximum absolute atomic E-state index is 13.2. The molecule has 1 aromatic heterocycles. The van der Waals surface area contributed by atoms with Crippen molar-refractivity contribution in [1.29, 1.82) is 0 Å². The molecular formula is C18H23N3O4S2. The van der Waals surface area contributed by atoms with E-state index < -0.39 is 15.9 Å². The van der Waals surface area contributed by atoms with Crippen LogP contribution in [0.5, 0.6) is 5.75 Å². The summed E-state index contributed by atoms with van der Waals surface area (Å²) in [6.07, 6.45) is 3.73. The van der Waals surface area contributed by atoms with Crippen LogP contribution in [0.25, 0.3) is 0 Å². The average Bonchev–Trinajstić information content (AvgIpc) is 2.89. The summed E-state index contributed by atoms with van der Waals surface area (Å²) in [5.74, 6) is -0.166. The fourth-order valence-corrected chi connectivity index (χ4v) is 5.40. The minimum atomic E-state index is -3.74. The number of nitrogens with zero attached hydrogens (tertiary/aromatic N) is 2.